The van der Waals surface area contributed by atoms with Crippen LogP contribution in [0.4, 0.5) is 0 Å². The molecule has 1 saturated heterocycles. The molecular formula is C17H22N4O3S. The van der Waals surface area contributed by atoms with Crippen LogP contribution in [-0.2, 0) is 9.53 Å². The molecule has 8 heteroatoms. The molecule has 0 spiro atoms. The van der Waals surface area contributed by atoms with Crippen molar-refractivity contribution in [3.05, 3.63) is 30.6 Å². The van der Waals surface area contributed by atoms with Crippen LogP contribution in [0.25, 0.3) is 5.69 Å². The first-order valence-electron chi connectivity index (χ1n) is 8.28. The summed E-state index contributed by atoms with van der Waals surface area (Å²) in [5.74, 6) is 1.20. The largest absolute Gasteiger partial charge is 0.497 e. The number of morpholine rings is 1. The Morgan fingerprint density at radius 3 is 3.16 bits per heavy atom. The van der Waals surface area contributed by atoms with Crippen LogP contribution in [0, 0.1) is 0 Å². The van der Waals surface area contributed by atoms with Gasteiger partial charge in [0.2, 0.25) is 5.91 Å². The van der Waals surface area contributed by atoms with Crippen molar-refractivity contribution >= 4 is 17.7 Å². The van der Waals surface area contributed by atoms with Crippen molar-refractivity contribution in [1.82, 2.24) is 19.7 Å². The summed E-state index contributed by atoms with van der Waals surface area (Å²) in [5, 5.41) is 8.79. The molecule has 134 valence electrons. The Balaban J connectivity index is 1.64. The van der Waals surface area contributed by atoms with Crippen molar-refractivity contribution in [3.63, 3.8) is 0 Å². The maximum Gasteiger partial charge on any atom is 0.233 e. The van der Waals surface area contributed by atoms with E-state index in [1.54, 1.807) is 13.4 Å². The van der Waals surface area contributed by atoms with Gasteiger partial charge >= 0.3 is 0 Å². The molecule has 25 heavy (non-hydrogen) atoms. The predicted molar refractivity (Wildman–Crippen MR) is 95.2 cm³/mol. The number of carbonyl (C=O) groups excluding carboxylic acids is 1. The van der Waals surface area contributed by atoms with Gasteiger partial charge in [-0.2, -0.15) is 0 Å². The van der Waals surface area contributed by atoms with E-state index < -0.39 is 0 Å². The Labute approximate surface area is 151 Å². The number of amides is 1. The van der Waals surface area contributed by atoms with Gasteiger partial charge < -0.3 is 14.4 Å². The minimum atomic E-state index is 0.104. The Kier molecular flexibility index (Phi) is 5.93. The van der Waals surface area contributed by atoms with Crippen LogP contribution in [0.1, 0.15) is 13.3 Å². The fourth-order valence-corrected chi connectivity index (χ4v) is 3.50. The molecule has 1 aliphatic rings. The SMILES string of the molecule is CCC1CN(C(=O)CSc2nncn2-c2cccc(OC)c2)CCO1. The van der Waals surface area contributed by atoms with Crippen molar-refractivity contribution in [2.45, 2.75) is 24.6 Å². The van der Waals surface area contributed by atoms with Crippen LogP contribution in [-0.4, -0.2) is 64.2 Å². The van der Waals surface area contributed by atoms with E-state index in [-0.39, 0.29) is 12.0 Å². The number of nitrogens with zero attached hydrogens (tertiary/aromatic N) is 4. The lowest BCUT2D eigenvalue weighted by Crippen LogP contribution is -2.46. The first kappa shape index (κ1) is 17.8. The topological polar surface area (TPSA) is 69.5 Å². The smallest absolute Gasteiger partial charge is 0.233 e. The fraction of sp³-hybridized carbons (Fsp3) is 0.471. The molecular weight excluding hydrogens is 340 g/mol. The average molecular weight is 362 g/mol. The van der Waals surface area contributed by atoms with Gasteiger partial charge in [-0.05, 0) is 18.6 Å². The van der Waals surface area contributed by atoms with Gasteiger partial charge in [-0.3, -0.25) is 9.36 Å². The number of methoxy groups -OCH3 is 1. The van der Waals surface area contributed by atoms with Crippen molar-refractivity contribution in [1.29, 1.82) is 0 Å². The fourth-order valence-electron chi connectivity index (χ4n) is 2.67. The van der Waals surface area contributed by atoms with Gasteiger partial charge in [0.15, 0.2) is 5.16 Å². The Morgan fingerprint density at radius 2 is 2.36 bits per heavy atom. The molecule has 1 fully saturated rings. The van der Waals surface area contributed by atoms with Gasteiger partial charge in [0.1, 0.15) is 12.1 Å². The summed E-state index contributed by atoms with van der Waals surface area (Å²) in [7, 11) is 1.63. The van der Waals surface area contributed by atoms with Crippen LogP contribution in [0.3, 0.4) is 0 Å². The summed E-state index contributed by atoms with van der Waals surface area (Å²) in [5.41, 5.74) is 0.900. The van der Waals surface area contributed by atoms with Crippen LogP contribution in [0.2, 0.25) is 0 Å². The number of thioether (sulfide) groups is 1. The van der Waals surface area contributed by atoms with E-state index in [2.05, 4.69) is 17.1 Å². The standard InChI is InChI=1S/C17H22N4O3S/c1-3-14-10-20(7-8-24-14)16(22)11-25-17-19-18-12-21(17)13-5-4-6-15(9-13)23-2/h4-6,9,12,14H,3,7-8,10-11H2,1-2H3. The van der Waals surface area contributed by atoms with Crippen LogP contribution < -0.4 is 4.74 Å². The van der Waals surface area contributed by atoms with E-state index >= 15 is 0 Å². The van der Waals surface area contributed by atoms with Crippen LogP contribution in [0.5, 0.6) is 5.75 Å². The van der Waals surface area contributed by atoms with Gasteiger partial charge in [-0.25, -0.2) is 0 Å². The molecule has 0 radical (unpaired) electrons. The van der Waals surface area contributed by atoms with Gasteiger partial charge in [-0.15, -0.1) is 10.2 Å². The molecule has 1 aromatic heterocycles. The third-order valence-corrected chi connectivity index (χ3v) is 5.05. The number of ether oxygens (including phenoxy) is 2. The monoisotopic (exact) mass is 362 g/mol. The number of benzene rings is 1. The average Bonchev–Trinajstić information content (AvgIpc) is 3.14. The van der Waals surface area contributed by atoms with E-state index in [4.69, 9.17) is 9.47 Å². The number of hydrogen-bond acceptors (Lipinski definition) is 6. The Hall–Kier alpha value is -2.06. The van der Waals surface area contributed by atoms with Gasteiger partial charge in [0, 0.05) is 19.2 Å². The summed E-state index contributed by atoms with van der Waals surface area (Å²) in [4.78, 5) is 14.3. The van der Waals surface area contributed by atoms with Crippen LogP contribution >= 0.6 is 11.8 Å². The summed E-state index contributed by atoms with van der Waals surface area (Å²) < 4.78 is 12.7. The molecule has 1 atom stereocenters. The Bertz CT molecular complexity index is 721. The summed E-state index contributed by atoms with van der Waals surface area (Å²) in [6.07, 6.45) is 2.70. The zero-order valence-corrected chi connectivity index (χ0v) is 15.2. The van der Waals surface area contributed by atoms with Gasteiger partial charge in [0.05, 0.1) is 31.3 Å². The molecule has 3 rings (SSSR count). The molecule has 1 unspecified atom stereocenters. The highest BCUT2D eigenvalue weighted by Crippen LogP contribution is 2.23. The number of aromatic nitrogens is 3. The molecule has 0 aliphatic carbocycles. The lowest BCUT2D eigenvalue weighted by atomic mass is 10.2. The maximum absolute atomic E-state index is 12.5. The first-order valence-corrected chi connectivity index (χ1v) is 9.26. The Morgan fingerprint density at radius 1 is 1.48 bits per heavy atom. The highest BCUT2D eigenvalue weighted by atomic mass is 32.2. The quantitative estimate of drug-likeness (QED) is 0.732. The van der Waals surface area contributed by atoms with E-state index in [0.717, 1.165) is 17.9 Å². The minimum Gasteiger partial charge on any atom is -0.497 e. The molecule has 1 amide bonds. The molecule has 2 heterocycles. The first-order chi connectivity index (χ1) is 12.2. The number of carbonyl (C=O) groups is 1. The lowest BCUT2D eigenvalue weighted by Gasteiger charge is -2.32. The molecule has 1 aliphatic heterocycles. The molecule has 0 bridgehead atoms. The molecule has 1 aromatic carbocycles. The van der Waals surface area contributed by atoms with Crippen molar-refractivity contribution in [2.24, 2.45) is 0 Å². The molecule has 0 N–H and O–H groups in total. The third-order valence-electron chi connectivity index (χ3n) is 4.12. The maximum atomic E-state index is 12.5. The molecule has 7 nitrogen and oxygen atoms in total. The number of hydrogen-bond donors (Lipinski definition) is 0. The second kappa shape index (κ2) is 8.35. The third kappa shape index (κ3) is 4.32. The van der Waals surface area contributed by atoms with Crippen molar-refractivity contribution < 1.29 is 14.3 Å². The summed E-state index contributed by atoms with van der Waals surface area (Å²) >= 11 is 1.39. The van der Waals surface area contributed by atoms with Crippen LogP contribution in [0.15, 0.2) is 35.7 Å². The second-order valence-electron chi connectivity index (χ2n) is 5.71. The number of rotatable bonds is 6. The molecule has 2 aromatic rings. The predicted octanol–water partition coefficient (Wildman–Crippen LogP) is 2.01. The van der Waals surface area contributed by atoms with Gasteiger partial charge in [-0.1, -0.05) is 24.8 Å². The highest BCUT2D eigenvalue weighted by molar-refractivity contribution is 7.99. The lowest BCUT2D eigenvalue weighted by molar-refractivity contribution is -0.135. The molecule has 0 saturated carbocycles. The van der Waals surface area contributed by atoms with Crippen molar-refractivity contribution in [2.75, 3.05) is 32.6 Å². The normalized spacial score (nSPS) is 17.5. The second-order valence-corrected chi connectivity index (χ2v) is 6.66. The van der Waals surface area contributed by atoms with E-state index in [0.29, 0.717) is 30.6 Å². The van der Waals surface area contributed by atoms with E-state index in [1.165, 1.54) is 11.8 Å². The zero-order chi connectivity index (χ0) is 17.6. The van der Waals surface area contributed by atoms with E-state index in [9.17, 15) is 4.79 Å². The highest BCUT2D eigenvalue weighted by Gasteiger charge is 2.23. The van der Waals surface area contributed by atoms with E-state index in [1.807, 2.05) is 33.7 Å². The summed E-state index contributed by atoms with van der Waals surface area (Å²) in [6.45, 7) is 4.00. The van der Waals surface area contributed by atoms with Crippen molar-refractivity contribution in [3.8, 4) is 11.4 Å². The zero-order valence-electron chi connectivity index (χ0n) is 14.4. The summed E-state index contributed by atoms with van der Waals surface area (Å²) in [6, 6.07) is 7.65. The van der Waals surface area contributed by atoms with Gasteiger partial charge in [0.25, 0.3) is 0 Å². The minimum absolute atomic E-state index is 0.104.